The molecule has 4 aliphatic rings. The van der Waals surface area contributed by atoms with E-state index in [4.69, 9.17) is 28.3 Å². The van der Waals surface area contributed by atoms with Gasteiger partial charge in [0, 0.05) is 88.6 Å². The first-order chi connectivity index (χ1) is 30.1. The Bertz CT molecular complexity index is 2750. The molecule has 4 amide bonds. The fourth-order valence-electron chi connectivity index (χ4n) is 7.82. The molecule has 64 heavy (non-hydrogen) atoms. The van der Waals surface area contributed by atoms with Crippen molar-refractivity contribution in [2.24, 2.45) is 23.6 Å². The number of nitrogens with zero attached hydrogens (tertiary/aromatic N) is 8. The van der Waals surface area contributed by atoms with Crippen LogP contribution in [0.15, 0.2) is 52.9 Å². The highest BCUT2D eigenvalue weighted by atomic mass is 35.5. The maximum Gasteiger partial charge on any atom is 0.272 e. The predicted octanol–water partition coefficient (Wildman–Crippen LogP) is 2.28. The average Bonchev–Trinajstić information content (AvgIpc) is 4.16. The maximum absolute atomic E-state index is 13.3. The summed E-state index contributed by atoms with van der Waals surface area (Å²) in [4.78, 5) is 56.4. The van der Waals surface area contributed by atoms with Gasteiger partial charge in [0.1, 0.15) is 27.2 Å². The summed E-state index contributed by atoms with van der Waals surface area (Å²) in [6, 6.07) is 14.3. The molecule has 8 rings (SSSR count). The van der Waals surface area contributed by atoms with E-state index in [1.54, 1.807) is 57.4 Å². The van der Waals surface area contributed by atoms with Crippen molar-refractivity contribution in [3.8, 4) is 0 Å². The molecule has 2 aromatic carbocycles. The van der Waals surface area contributed by atoms with Crippen molar-refractivity contribution < 1.29 is 36.0 Å². The third kappa shape index (κ3) is 9.68. The highest BCUT2D eigenvalue weighted by molar-refractivity contribution is 7.92. The van der Waals surface area contributed by atoms with Crippen LogP contribution in [0.1, 0.15) is 89.9 Å². The Labute approximate surface area is 381 Å². The SMILES string of the molecule is CN(C)C=NS(=O)(=O)C1(CN2CCc3c(C(=O)NCc4ccc(Cl)cc4)nn(C)c3C2=O)CC1.Cn1nc(C(=O)NCc2ccc(Cl)cc2)c2c1C(=O)N(CC1(S(N)(=O)=O)CC1)CC2. The van der Waals surface area contributed by atoms with Crippen LogP contribution in [0, 0.1) is 0 Å². The number of hydrogen-bond donors (Lipinski definition) is 3. The fraction of sp³-hybridized carbons (Fsp3) is 0.439. The van der Waals surface area contributed by atoms with Crippen molar-refractivity contribution in [3.63, 3.8) is 0 Å². The first kappa shape index (κ1) is 46.6. The monoisotopic (exact) mass is 957 g/mol. The maximum atomic E-state index is 13.3. The first-order valence-corrected chi connectivity index (χ1v) is 24.1. The second kappa shape index (κ2) is 17.9. The summed E-state index contributed by atoms with van der Waals surface area (Å²) in [7, 11) is -0.894. The molecule has 2 fully saturated rings. The number of benzene rings is 2. The number of nitrogens with one attached hydrogen (secondary N) is 2. The minimum Gasteiger partial charge on any atom is -0.368 e. The molecular weight excluding hydrogens is 910 g/mol. The van der Waals surface area contributed by atoms with Crippen molar-refractivity contribution >= 4 is 73.2 Å². The normalized spacial score (nSPS) is 17.3. The predicted molar refractivity (Wildman–Crippen MR) is 239 cm³/mol. The van der Waals surface area contributed by atoms with Crippen LogP contribution in [0.3, 0.4) is 0 Å². The largest absolute Gasteiger partial charge is 0.368 e. The molecular formula is C41H49Cl2N11O8S2. The molecule has 2 aliphatic carbocycles. The number of aromatic nitrogens is 4. The van der Waals surface area contributed by atoms with Crippen LogP contribution in [-0.4, -0.2) is 131 Å². The lowest BCUT2D eigenvalue weighted by atomic mass is 10.0. The summed E-state index contributed by atoms with van der Waals surface area (Å²) in [5, 5.41) is 20.8. The van der Waals surface area contributed by atoms with E-state index in [9.17, 15) is 36.0 Å². The summed E-state index contributed by atoms with van der Waals surface area (Å²) in [6.07, 6.45) is 3.91. The zero-order valence-electron chi connectivity index (χ0n) is 35.7. The van der Waals surface area contributed by atoms with E-state index in [-0.39, 0.29) is 48.1 Å². The van der Waals surface area contributed by atoms with Crippen LogP contribution in [0.2, 0.25) is 10.0 Å². The topological polar surface area (TPSA) is 244 Å². The van der Waals surface area contributed by atoms with E-state index in [2.05, 4.69) is 25.2 Å². The molecule has 4 heterocycles. The van der Waals surface area contributed by atoms with Gasteiger partial charge in [-0.15, -0.1) is 0 Å². The number of hydrogen-bond acceptors (Lipinski definition) is 10. The molecule has 0 spiro atoms. The number of aryl methyl sites for hydroxylation is 2. The van der Waals surface area contributed by atoms with Crippen LogP contribution in [0.5, 0.6) is 0 Å². The molecule has 0 unspecified atom stereocenters. The smallest absolute Gasteiger partial charge is 0.272 e. The number of halogens is 2. The van der Waals surface area contributed by atoms with Gasteiger partial charge in [0.05, 0.1) is 0 Å². The summed E-state index contributed by atoms with van der Waals surface area (Å²) in [5.41, 5.74) is 3.97. The molecule has 0 atom stereocenters. The molecule has 23 heteroatoms. The third-order valence-electron chi connectivity index (χ3n) is 11.8. The summed E-state index contributed by atoms with van der Waals surface area (Å²) >= 11 is 11.8. The quantitative estimate of drug-likeness (QED) is 0.122. The van der Waals surface area contributed by atoms with Gasteiger partial charge in [-0.3, -0.25) is 28.5 Å². The van der Waals surface area contributed by atoms with Gasteiger partial charge in [-0.05, 0) is 73.9 Å². The number of fused-ring (bicyclic) bond motifs is 2. The van der Waals surface area contributed by atoms with Gasteiger partial charge in [0.2, 0.25) is 10.0 Å². The molecule has 0 radical (unpaired) electrons. The molecule has 2 aromatic heterocycles. The highest BCUT2D eigenvalue weighted by Gasteiger charge is 2.57. The number of amides is 4. The van der Waals surface area contributed by atoms with E-state index in [0.717, 1.165) is 11.1 Å². The van der Waals surface area contributed by atoms with Crippen molar-refractivity contribution in [2.45, 2.75) is 61.1 Å². The number of carbonyl (C=O) groups excluding carboxylic acids is 4. The Morgan fingerprint density at radius 1 is 0.734 bits per heavy atom. The lowest BCUT2D eigenvalue weighted by Crippen LogP contribution is -2.47. The minimum absolute atomic E-state index is 0.0629. The summed E-state index contributed by atoms with van der Waals surface area (Å²) < 4.78 is 53.8. The number of sulfonamides is 2. The molecule has 2 saturated carbocycles. The van der Waals surface area contributed by atoms with Gasteiger partial charge in [-0.1, -0.05) is 47.5 Å². The zero-order chi connectivity index (χ0) is 46.4. The molecule has 342 valence electrons. The van der Waals surface area contributed by atoms with Gasteiger partial charge >= 0.3 is 0 Å². The Morgan fingerprint density at radius 2 is 1.12 bits per heavy atom. The molecule has 0 saturated heterocycles. The van der Waals surface area contributed by atoms with Crippen LogP contribution in [0.25, 0.3) is 0 Å². The Morgan fingerprint density at radius 3 is 1.48 bits per heavy atom. The number of carbonyl (C=O) groups is 4. The van der Waals surface area contributed by atoms with E-state index < -0.39 is 29.5 Å². The molecule has 2 aliphatic heterocycles. The Hall–Kier alpha value is -5.35. The zero-order valence-corrected chi connectivity index (χ0v) is 38.8. The summed E-state index contributed by atoms with van der Waals surface area (Å²) in [5.74, 6) is -1.40. The lowest BCUT2D eigenvalue weighted by Gasteiger charge is -2.30. The van der Waals surface area contributed by atoms with Crippen molar-refractivity contribution in [1.82, 2.24) is 44.9 Å². The fourth-order valence-corrected chi connectivity index (χ4v) is 10.5. The molecule has 4 N–H and O–H groups in total. The van der Waals surface area contributed by atoms with Crippen LogP contribution < -0.4 is 15.8 Å². The van der Waals surface area contributed by atoms with Crippen LogP contribution in [-0.2, 0) is 60.1 Å². The standard InChI is InChI=1S/C22H27ClN6O4S.C19H22ClN5O4S/c1-27(2)14-25-34(32,33)22(9-10-22)13-29-11-8-17-18(26-28(3)19(17)21(29)31)20(30)24-12-15-4-6-16(23)7-5-15;1-24-16-14(6-9-25(18(16)27)11-19(7-8-19)30(21,28)29)15(23-24)17(26)22-10-12-2-4-13(20)5-3-12/h4-7,14H,8-13H2,1-3H3,(H,24,30);2-5H,6-11H2,1H3,(H,22,26)(H2,21,28,29). The minimum atomic E-state index is -3.76. The van der Waals surface area contributed by atoms with Gasteiger partial charge in [0.25, 0.3) is 33.7 Å². The van der Waals surface area contributed by atoms with Gasteiger partial charge in [0.15, 0.2) is 11.4 Å². The van der Waals surface area contributed by atoms with Crippen molar-refractivity contribution in [3.05, 3.63) is 104 Å². The first-order valence-electron chi connectivity index (χ1n) is 20.4. The van der Waals surface area contributed by atoms with Crippen molar-refractivity contribution in [1.29, 1.82) is 0 Å². The molecule has 0 bridgehead atoms. The second-order valence-corrected chi connectivity index (χ2v) is 21.6. The van der Waals surface area contributed by atoms with Gasteiger partial charge in [-0.25, -0.2) is 22.0 Å². The second-order valence-electron chi connectivity index (χ2n) is 16.7. The van der Waals surface area contributed by atoms with Gasteiger partial charge < -0.3 is 25.3 Å². The van der Waals surface area contributed by atoms with Gasteiger partial charge in [-0.2, -0.15) is 14.6 Å². The van der Waals surface area contributed by atoms with E-state index in [1.165, 1.54) is 25.5 Å². The number of nitrogens with two attached hydrogens (primary N) is 1. The highest BCUT2D eigenvalue weighted by Crippen LogP contribution is 2.46. The Balaban J connectivity index is 0.000000193. The van der Waals surface area contributed by atoms with E-state index in [0.29, 0.717) is 97.3 Å². The molecule has 19 nitrogen and oxygen atoms in total. The third-order valence-corrected chi connectivity index (χ3v) is 16.1. The van der Waals surface area contributed by atoms with E-state index >= 15 is 0 Å². The number of primary sulfonamides is 1. The lowest BCUT2D eigenvalue weighted by molar-refractivity contribution is 0.0716. The summed E-state index contributed by atoms with van der Waals surface area (Å²) in [6.45, 7) is 1.36. The van der Waals surface area contributed by atoms with Crippen molar-refractivity contribution in [2.75, 3.05) is 40.3 Å². The van der Waals surface area contributed by atoms with E-state index in [1.807, 2.05) is 24.3 Å². The molecule has 4 aromatic rings. The van der Waals surface area contributed by atoms with Crippen LogP contribution in [0.4, 0.5) is 0 Å². The average molecular weight is 959 g/mol. The Kier molecular flexibility index (Phi) is 13.0. The number of rotatable bonds is 14. The van der Waals surface area contributed by atoms with Crippen LogP contribution >= 0.6 is 23.2 Å².